The molecule has 1 fully saturated rings. The molecule has 6 heteroatoms. The van der Waals surface area contributed by atoms with Crippen molar-refractivity contribution in [2.24, 2.45) is 7.05 Å². The van der Waals surface area contributed by atoms with Crippen LogP contribution in [0.5, 0.6) is 0 Å². The number of aromatic nitrogens is 1. The van der Waals surface area contributed by atoms with Crippen molar-refractivity contribution in [2.45, 2.75) is 13.3 Å². The van der Waals surface area contributed by atoms with E-state index in [0.29, 0.717) is 35.2 Å². The Kier molecular flexibility index (Phi) is 5.79. The molecule has 0 atom stereocenters. The van der Waals surface area contributed by atoms with Crippen LogP contribution in [0.1, 0.15) is 27.9 Å². The Bertz CT molecular complexity index is 1180. The Labute approximate surface area is 186 Å². The molecule has 0 unspecified atom stereocenters. The van der Waals surface area contributed by atoms with Gasteiger partial charge in [0.15, 0.2) is 0 Å². The summed E-state index contributed by atoms with van der Waals surface area (Å²) < 4.78 is 7.58. The molecule has 0 radical (unpaired) electrons. The predicted octanol–water partition coefficient (Wildman–Crippen LogP) is 5.56. The molecule has 2 heterocycles. The van der Waals surface area contributed by atoms with Crippen LogP contribution in [-0.4, -0.2) is 35.8 Å². The standard InChI is InChI=1S/C24H23Cl2N3O/c1-15-17(14-27)4-7-23-20(15)12-18(28(23)3)13-21-22(25)6-5-19(24(21)26)16(2)29-8-10-30-11-9-29/h4-7,12H,2,8-11,13H2,1,3H3. The van der Waals surface area contributed by atoms with Crippen molar-refractivity contribution in [1.82, 2.24) is 9.47 Å². The first-order valence-electron chi connectivity index (χ1n) is 9.89. The zero-order valence-electron chi connectivity index (χ0n) is 17.1. The minimum atomic E-state index is 0.592. The number of fused-ring (bicyclic) bond motifs is 1. The van der Waals surface area contributed by atoms with E-state index in [4.69, 9.17) is 27.9 Å². The Hall–Kier alpha value is -2.45. The molecule has 2 aromatic carbocycles. The van der Waals surface area contributed by atoms with Gasteiger partial charge in [0.05, 0.1) is 29.9 Å². The average molecular weight is 440 g/mol. The van der Waals surface area contributed by atoms with Crippen molar-refractivity contribution in [3.05, 3.63) is 74.9 Å². The smallest absolute Gasteiger partial charge is 0.0994 e. The van der Waals surface area contributed by atoms with Gasteiger partial charge >= 0.3 is 0 Å². The van der Waals surface area contributed by atoms with Crippen LogP contribution in [0.15, 0.2) is 36.9 Å². The number of rotatable bonds is 4. The molecule has 1 aromatic heterocycles. The molecule has 0 N–H and O–H groups in total. The number of hydrogen-bond donors (Lipinski definition) is 0. The maximum atomic E-state index is 9.34. The second-order valence-electron chi connectivity index (χ2n) is 7.59. The van der Waals surface area contributed by atoms with Crippen LogP contribution < -0.4 is 0 Å². The van der Waals surface area contributed by atoms with E-state index in [2.05, 4.69) is 28.2 Å². The molecule has 0 aliphatic carbocycles. The van der Waals surface area contributed by atoms with E-state index >= 15 is 0 Å². The zero-order valence-corrected chi connectivity index (χ0v) is 18.6. The third-order valence-corrected chi connectivity index (χ3v) is 6.75. The molecule has 1 saturated heterocycles. The Balaban J connectivity index is 1.73. The van der Waals surface area contributed by atoms with Gasteiger partial charge in [0.1, 0.15) is 0 Å². The molecule has 1 aliphatic rings. The van der Waals surface area contributed by atoms with Gasteiger partial charge < -0.3 is 14.2 Å². The van der Waals surface area contributed by atoms with Crippen LogP contribution in [0.2, 0.25) is 10.0 Å². The summed E-state index contributed by atoms with van der Waals surface area (Å²) in [5.74, 6) is 0. The summed E-state index contributed by atoms with van der Waals surface area (Å²) >= 11 is 13.4. The van der Waals surface area contributed by atoms with E-state index in [1.54, 1.807) is 0 Å². The molecule has 4 nitrogen and oxygen atoms in total. The highest BCUT2D eigenvalue weighted by molar-refractivity contribution is 6.37. The fourth-order valence-corrected chi connectivity index (χ4v) is 4.68. The van der Waals surface area contributed by atoms with E-state index in [0.717, 1.165) is 52.1 Å². The van der Waals surface area contributed by atoms with Crippen LogP contribution in [0.4, 0.5) is 0 Å². The molecule has 30 heavy (non-hydrogen) atoms. The van der Waals surface area contributed by atoms with Gasteiger partial charge in [-0.3, -0.25) is 0 Å². The van der Waals surface area contributed by atoms with Gasteiger partial charge in [0.2, 0.25) is 0 Å². The van der Waals surface area contributed by atoms with E-state index in [9.17, 15) is 5.26 Å². The van der Waals surface area contributed by atoms with Crippen LogP contribution >= 0.6 is 23.2 Å². The van der Waals surface area contributed by atoms with Crippen molar-refractivity contribution in [2.75, 3.05) is 26.3 Å². The second-order valence-corrected chi connectivity index (χ2v) is 8.37. The molecule has 3 aromatic rings. The van der Waals surface area contributed by atoms with Crippen molar-refractivity contribution in [3.63, 3.8) is 0 Å². The van der Waals surface area contributed by atoms with Gasteiger partial charge in [-0.2, -0.15) is 5.26 Å². The lowest BCUT2D eigenvalue weighted by Crippen LogP contribution is -2.34. The van der Waals surface area contributed by atoms with Gasteiger partial charge in [-0.15, -0.1) is 0 Å². The van der Waals surface area contributed by atoms with Crippen LogP contribution in [-0.2, 0) is 18.2 Å². The molecular weight excluding hydrogens is 417 g/mol. The zero-order chi connectivity index (χ0) is 21.4. The second kappa shape index (κ2) is 8.35. The Morgan fingerprint density at radius 3 is 2.63 bits per heavy atom. The third-order valence-electron chi connectivity index (χ3n) is 5.96. The summed E-state index contributed by atoms with van der Waals surface area (Å²) in [5, 5.41) is 11.7. The summed E-state index contributed by atoms with van der Waals surface area (Å²) in [7, 11) is 2.03. The highest BCUT2D eigenvalue weighted by Gasteiger charge is 2.20. The quantitative estimate of drug-likeness (QED) is 0.534. The number of aryl methyl sites for hydroxylation is 2. The predicted molar refractivity (Wildman–Crippen MR) is 123 cm³/mol. The van der Waals surface area contributed by atoms with Crippen molar-refractivity contribution in [3.8, 4) is 6.07 Å². The van der Waals surface area contributed by atoms with Gasteiger partial charge in [-0.05, 0) is 48.4 Å². The molecular formula is C24H23Cl2N3O. The van der Waals surface area contributed by atoms with Crippen molar-refractivity contribution < 1.29 is 4.74 Å². The number of benzene rings is 2. The van der Waals surface area contributed by atoms with Gasteiger partial charge in [-0.1, -0.05) is 29.8 Å². The summed E-state index contributed by atoms with van der Waals surface area (Å²) in [6.07, 6.45) is 0.592. The van der Waals surface area contributed by atoms with Crippen LogP contribution in [0.25, 0.3) is 16.6 Å². The first kappa shape index (κ1) is 20.8. The molecule has 0 amide bonds. The summed E-state index contributed by atoms with van der Waals surface area (Å²) in [6.45, 7) is 9.25. The lowest BCUT2D eigenvalue weighted by molar-refractivity contribution is 0.0641. The van der Waals surface area contributed by atoms with Crippen LogP contribution in [0.3, 0.4) is 0 Å². The first-order valence-corrected chi connectivity index (χ1v) is 10.6. The summed E-state index contributed by atoms with van der Waals surface area (Å²) in [6, 6.07) is 12.1. The van der Waals surface area contributed by atoms with E-state index in [1.165, 1.54) is 0 Å². The number of nitrogens with zero attached hydrogens (tertiary/aromatic N) is 3. The monoisotopic (exact) mass is 439 g/mol. The topological polar surface area (TPSA) is 41.2 Å². The minimum Gasteiger partial charge on any atom is -0.378 e. The van der Waals surface area contributed by atoms with Gasteiger partial charge in [-0.25, -0.2) is 0 Å². The Morgan fingerprint density at radius 2 is 1.93 bits per heavy atom. The average Bonchev–Trinajstić information content (AvgIpc) is 3.08. The maximum Gasteiger partial charge on any atom is 0.0994 e. The SMILES string of the molecule is C=C(c1ccc(Cl)c(Cc2cc3c(C)c(C#N)ccc3n2C)c1Cl)N1CCOCC1. The van der Waals surface area contributed by atoms with E-state index < -0.39 is 0 Å². The molecule has 154 valence electrons. The number of ether oxygens (including phenoxy) is 1. The Morgan fingerprint density at radius 1 is 1.20 bits per heavy atom. The molecule has 0 saturated carbocycles. The minimum absolute atomic E-state index is 0.592. The molecule has 4 rings (SSSR count). The fourth-order valence-electron chi connectivity index (χ4n) is 4.07. The highest BCUT2D eigenvalue weighted by atomic mass is 35.5. The largest absolute Gasteiger partial charge is 0.378 e. The maximum absolute atomic E-state index is 9.34. The van der Waals surface area contributed by atoms with Gasteiger partial charge in [0.25, 0.3) is 0 Å². The molecule has 1 aliphatic heterocycles. The lowest BCUT2D eigenvalue weighted by atomic mass is 10.0. The van der Waals surface area contributed by atoms with Crippen molar-refractivity contribution >= 4 is 39.8 Å². The van der Waals surface area contributed by atoms with E-state index in [1.807, 2.05) is 38.2 Å². The fraction of sp³-hybridized carbons (Fsp3) is 0.292. The van der Waals surface area contributed by atoms with Gasteiger partial charge in [0, 0.05) is 59.4 Å². The lowest BCUT2D eigenvalue weighted by Gasteiger charge is -2.31. The number of hydrogen-bond acceptors (Lipinski definition) is 3. The molecule has 0 bridgehead atoms. The van der Waals surface area contributed by atoms with Crippen LogP contribution in [0, 0.1) is 18.3 Å². The third kappa shape index (κ3) is 3.58. The first-order chi connectivity index (χ1) is 14.4. The van der Waals surface area contributed by atoms with E-state index in [-0.39, 0.29) is 0 Å². The van der Waals surface area contributed by atoms with Crippen molar-refractivity contribution in [1.29, 1.82) is 5.26 Å². The molecule has 0 spiro atoms. The number of halogens is 2. The highest BCUT2D eigenvalue weighted by Crippen LogP contribution is 2.36. The summed E-state index contributed by atoms with van der Waals surface area (Å²) in [4.78, 5) is 2.20. The number of morpholine rings is 1. The summed E-state index contributed by atoms with van der Waals surface area (Å²) in [5.41, 5.74) is 6.54. The number of nitriles is 1. The normalized spacial score (nSPS) is 14.2.